The maximum atomic E-state index is 12.5. The fourth-order valence-corrected chi connectivity index (χ4v) is 5.06. The van der Waals surface area contributed by atoms with Gasteiger partial charge >= 0.3 is 0 Å². The second-order valence-corrected chi connectivity index (χ2v) is 8.29. The van der Waals surface area contributed by atoms with Crippen molar-refractivity contribution in [3.8, 4) is 0 Å². The highest BCUT2D eigenvalue weighted by molar-refractivity contribution is 7.10. The second-order valence-electron chi connectivity index (χ2n) is 7.26. The number of piperidine rings is 1. The Balaban J connectivity index is 1.29. The minimum Gasteiger partial charge on any atom is -0.377 e. The van der Waals surface area contributed by atoms with E-state index in [4.69, 9.17) is 4.74 Å². The lowest BCUT2D eigenvalue weighted by molar-refractivity contribution is -0.129. The van der Waals surface area contributed by atoms with Crippen LogP contribution in [0.1, 0.15) is 24.1 Å². The van der Waals surface area contributed by atoms with Crippen molar-refractivity contribution < 1.29 is 9.53 Å². The molecule has 0 unspecified atom stereocenters. The molecule has 1 aromatic heterocycles. The summed E-state index contributed by atoms with van der Waals surface area (Å²) < 4.78 is 5.78. The zero-order valence-corrected chi connectivity index (χ0v) is 14.5. The molecule has 1 amide bonds. The van der Waals surface area contributed by atoms with Crippen LogP contribution in [0, 0.1) is 11.8 Å². The van der Waals surface area contributed by atoms with Gasteiger partial charge in [-0.25, -0.2) is 0 Å². The van der Waals surface area contributed by atoms with Crippen LogP contribution in [0.4, 0.5) is 0 Å². The van der Waals surface area contributed by atoms with Crippen LogP contribution in [0.25, 0.3) is 0 Å². The number of amides is 1. The van der Waals surface area contributed by atoms with Crippen LogP contribution in [0.5, 0.6) is 0 Å². The van der Waals surface area contributed by atoms with Gasteiger partial charge in [-0.15, -0.1) is 11.3 Å². The molecule has 126 valence electrons. The molecule has 0 N–H and O–H groups in total. The maximum absolute atomic E-state index is 12.5. The quantitative estimate of drug-likeness (QED) is 0.847. The van der Waals surface area contributed by atoms with E-state index >= 15 is 0 Å². The van der Waals surface area contributed by atoms with Crippen molar-refractivity contribution in [2.24, 2.45) is 11.8 Å². The number of rotatable bonds is 4. The smallest absolute Gasteiger partial charge is 0.227 e. The highest BCUT2D eigenvalue weighted by Gasteiger charge is 2.39. The molecule has 5 heteroatoms. The van der Waals surface area contributed by atoms with Crippen molar-refractivity contribution in [3.63, 3.8) is 0 Å². The Morgan fingerprint density at radius 3 is 2.96 bits per heavy atom. The topological polar surface area (TPSA) is 32.8 Å². The zero-order valence-electron chi connectivity index (χ0n) is 13.7. The number of likely N-dealkylation sites (tertiary alicyclic amines) is 2. The van der Waals surface area contributed by atoms with Gasteiger partial charge in [0.25, 0.3) is 0 Å². The third-order valence-electron chi connectivity index (χ3n) is 5.63. The van der Waals surface area contributed by atoms with Gasteiger partial charge in [-0.1, -0.05) is 6.07 Å². The van der Waals surface area contributed by atoms with E-state index < -0.39 is 0 Å². The average Bonchev–Trinajstić information content (AvgIpc) is 3.27. The van der Waals surface area contributed by atoms with Crippen molar-refractivity contribution >= 4 is 17.2 Å². The van der Waals surface area contributed by atoms with E-state index in [1.54, 1.807) is 11.3 Å². The average molecular weight is 334 g/mol. The Hall–Kier alpha value is -0.910. The first-order valence-electron chi connectivity index (χ1n) is 8.92. The van der Waals surface area contributed by atoms with E-state index in [2.05, 4.69) is 21.2 Å². The van der Waals surface area contributed by atoms with Crippen LogP contribution >= 0.6 is 11.3 Å². The highest BCUT2D eigenvalue weighted by atomic mass is 32.1. The summed E-state index contributed by atoms with van der Waals surface area (Å²) >= 11 is 1.68. The van der Waals surface area contributed by atoms with E-state index in [1.807, 2.05) is 6.07 Å². The van der Waals surface area contributed by atoms with E-state index in [-0.39, 0.29) is 0 Å². The molecular formula is C18H26N2O2S. The Morgan fingerprint density at radius 1 is 1.26 bits per heavy atom. The number of fused-ring (bicyclic) bond motifs is 1. The van der Waals surface area contributed by atoms with Gasteiger partial charge in [-0.05, 0) is 49.1 Å². The molecule has 3 aliphatic rings. The van der Waals surface area contributed by atoms with Crippen LogP contribution in [-0.2, 0) is 16.0 Å². The predicted octanol–water partition coefficient (Wildman–Crippen LogP) is 2.25. The summed E-state index contributed by atoms with van der Waals surface area (Å²) in [5, 5.41) is 2.05. The maximum Gasteiger partial charge on any atom is 0.227 e. The monoisotopic (exact) mass is 334 g/mol. The first-order valence-corrected chi connectivity index (χ1v) is 9.80. The van der Waals surface area contributed by atoms with Crippen LogP contribution in [0.15, 0.2) is 17.5 Å². The number of thiophene rings is 1. The summed E-state index contributed by atoms with van der Waals surface area (Å²) in [6.07, 6.45) is 4.70. The number of hydrogen-bond donors (Lipinski definition) is 0. The third kappa shape index (κ3) is 3.62. The summed E-state index contributed by atoms with van der Waals surface area (Å²) in [7, 11) is 0. The SMILES string of the molecule is O=C(Cc1cccs1)N1C[C@H]2CN(C[C@H]3CCCO3)CC[C@H]2C1. The first kappa shape index (κ1) is 15.6. The number of nitrogens with zero attached hydrogens (tertiary/aromatic N) is 2. The molecule has 0 saturated carbocycles. The van der Waals surface area contributed by atoms with Gasteiger partial charge < -0.3 is 14.5 Å². The van der Waals surface area contributed by atoms with Crippen molar-refractivity contribution in [2.45, 2.75) is 31.8 Å². The molecular weight excluding hydrogens is 308 g/mol. The molecule has 0 radical (unpaired) electrons. The molecule has 3 atom stereocenters. The molecule has 4 rings (SSSR count). The Bertz CT molecular complexity index is 527. The minimum absolute atomic E-state index is 0.313. The van der Waals surface area contributed by atoms with Crippen molar-refractivity contribution in [3.05, 3.63) is 22.4 Å². The summed E-state index contributed by atoms with van der Waals surface area (Å²) in [6, 6.07) is 4.09. The van der Waals surface area contributed by atoms with Crippen LogP contribution in [0.3, 0.4) is 0 Å². The summed E-state index contributed by atoms with van der Waals surface area (Å²) in [5.74, 6) is 1.69. The zero-order chi connectivity index (χ0) is 15.6. The molecule has 0 bridgehead atoms. The van der Waals surface area contributed by atoms with E-state index in [1.165, 1.54) is 30.7 Å². The van der Waals surface area contributed by atoms with Crippen LogP contribution < -0.4 is 0 Å². The van der Waals surface area contributed by atoms with Gasteiger partial charge in [0.1, 0.15) is 0 Å². The molecule has 3 aliphatic heterocycles. The van der Waals surface area contributed by atoms with Gasteiger partial charge in [-0.2, -0.15) is 0 Å². The lowest BCUT2D eigenvalue weighted by Crippen LogP contribution is -2.43. The van der Waals surface area contributed by atoms with Gasteiger partial charge in [0.2, 0.25) is 5.91 Å². The second kappa shape index (κ2) is 6.91. The number of carbonyl (C=O) groups excluding carboxylic acids is 1. The molecule has 0 spiro atoms. The molecule has 1 aromatic rings. The molecule has 0 aliphatic carbocycles. The van der Waals surface area contributed by atoms with Gasteiger partial charge in [0, 0.05) is 37.7 Å². The van der Waals surface area contributed by atoms with E-state index in [9.17, 15) is 4.79 Å². The molecule has 4 heterocycles. The molecule has 3 saturated heterocycles. The van der Waals surface area contributed by atoms with Crippen molar-refractivity contribution in [1.82, 2.24) is 9.80 Å². The lowest BCUT2D eigenvalue weighted by atomic mass is 9.88. The molecule has 23 heavy (non-hydrogen) atoms. The van der Waals surface area contributed by atoms with E-state index in [0.717, 1.165) is 32.8 Å². The van der Waals surface area contributed by atoms with Crippen LogP contribution in [0.2, 0.25) is 0 Å². The Kier molecular flexibility index (Phi) is 4.69. The van der Waals surface area contributed by atoms with Crippen molar-refractivity contribution in [1.29, 1.82) is 0 Å². The fourth-order valence-electron chi connectivity index (χ4n) is 4.36. The largest absolute Gasteiger partial charge is 0.377 e. The van der Waals surface area contributed by atoms with Gasteiger partial charge in [0.05, 0.1) is 12.5 Å². The standard InChI is InChI=1S/C18H26N2O2S/c21-18(9-17-4-2-8-23-17)20-11-14-5-6-19(10-15(14)12-20)13-16-3-1-7-22-16/h2,4,8,14-16H,1,3,5-7,9-13H2/t14-,15+,16+/m0/s1. The molecule has 0 aromatic carbocycles. The predicted molar refractivity (Wildman–Crippen MR) is 91.6 cm³/mol. The molecule has 3 fully saturated rings. The minimum atomic E-state index is 0.313. The van der Waals surface area contributed by atoms with Gasteiger partial charge in [0.15, 0.2) is 0 Å². The molecule has 4 nitrogen and oxygen atoms in total. The van der Waals surface area contributed by atoms with Crippen LogP contribution in [-0.4, -0.2) is 61.1 Å². The number of ether oxygens (including phenoxy) is 1. The number of carbonyl (C=O) groups is 1. The summed E-state index contributed by atoms with van der Waals surface area (Å²) in [5.41, 5.74) is 0. The number of hydrogen-bond acceptors (Lipinski definition) is 4. The van der Waals surface area contributed by atoms with Crippen molar-refractivity contribution in [2.75, 3.05) is 39.3 Å². The third-order valence-corrected chi connectivity index (χ3v) is 6.51. The first-order chi connectivity index (χ1) is 11.3. The normalized spacial score (nSPS) is 31.5. The van der Waals surface area contributed by atoms with E-state index in [0.29, 0.717) is 30.3 Å². The lowest BCUT2D eigenvalue weighted by Gasteiger charge is -2.35. The summed E-state index contributed by atoms with van der Waals surface area (Å²) in [6.45, 7) is 6.28. The summed E-state index contributed by atoms with van der Waals surface area (Å²) in [4.78, 5) is 18.4. The Morgan fingerprint density at radius 2 is 2.17 bits per heavy atom. The Labute approximate surface area is 142 Å². The van der Waals surface area contributed by atoms with Gasteiger partial charge in [-0.3, -0.25) is 4.79 Å². The fraction of sp³-hybridized carbons (Fsp3) is 0.722. The highest BCUT2D eigenvalue weighted by Crippen LogP contribution is 2.32.